The van der Waals surface area contributed by atoms with Gasteiger partial charge in [0.2, 0.25) is 0 Å². The lowest BCUT2D eigenvalue weighted by molar-refractivity contribution is -0.0399. The van der Waals surface area contributed by atoms with Crippen LogP contribution < -0.4 is 0 Å². The van der Waals surface area contributed by atoms with Gasteiger partial charge in [0.15, 0.2) is 23.2 Å². The molecule has 0 aliphatic heterocycles. The van der Waals surface area contributed by atoms with Gasteiger partial charge in [-0.1, -0.05) is 115 Å². The Labute approximate surface area is 281 Å². The SMILES string of the molecule is [C-]#[N+]c1ccccc1-c1ccc2c(c1)C1(c3ccc(-c4nc(-c5ccccc5)nc(-c5ccccc5)n4)cc3-2)C2CC3CC(C2)CC1C3. The molecule has 0 N–H and O–H groups in total. The third kappa shape index (κ3) is 4.04. The second kappa shape index (κ2) is 10.6. The van der Waals surface area contributed by atoms with Gasteiger partial charge in [0.05, 0.1) is 6.57 Å². The summed E-state index contributed by atoms with van der Waals surface area (Å²) in [5.74, 6) is 5.10. The molecule has 0 saturated heterocycles. The van der Waals surface area contributed by atoms with Crippen LogP contribution in [0, 0.1) is 30.2 Å². The summed E-state index contributed by atoms with van der Waals surface area (Å²) >= 11 is 0. The van der Waals surface area contributed by atoms with Crippen molar-refractivity contribution >= 4 is 5.69 Å². The molecule has 0 radical (unpaired) electrons. The normalized spacial score (nSPS) is 24.3. The minimum absolute atomic E-state index is 0.0170. The minimum atomic E-state index is 0.0170. The lowest BCUT2D eigenvalue weighted by Gasteiger charge is -2.61. The molecule has 4 fully saturated rings. The summed E-state index contributed by atoms with van der Waals surface area (Å²) in [6, 6.07) is 42.6. The van der Waals surface area contributed by atoms with E-state index in [-0.39, 0.29) is 5.41 Å². The van der Waals surface area contributed by atoms with E-state index in [1.54, 1.807) is 0 Å². The number of fused-ring (bicyclic) bond motifs is 3. The molecule has 11 rings (SSSR count). The number of nitrogens with zero attached hydrogens (tertiary/aromatic N) is 4. The first-order chi connectivity index (χ1) is 23.7. The lowest BCUT2D eigenvalue weighted by atomic mass is 9.43. The largest absolute Gasteiger partial charge is 0.238 e. The van der Waals surface area contributed by atoms with Gasteiger partial charge in [0, 0.05) is 22.1 Å². The molecular weight excluding hydrogens is 585 g/mol. The van der Waals surface area contributed by atoms with Gasteiger partial charge in [-0.3, -0.25) is 0 Å². The molecule has 48 heavy (non-hydrogen) atoms. The molecule has 1 heterocycles. The zero-order chi connectivity index (χ0) is 31.8. The van der Waals surface area contributed by atoms with Crippen LogP contribution in [0.4, 0.5) is 5.69 Å². The number of hydrogen-bond donors (Lipinski definition) is 0. The van der Waals surface area contributed by atoms with Gasteiger partial charge in [-0.25, -0.2) is 19.8 Å². The van der Waals surface area contributed by atoms with Crippen molar-refractivity contribution in [1.29, 1.82) is 0 Å². The summed E-state index contributed by atoms with van der Waals surface area (Å²) in [4.78, 5) is 19.0. The van der Waals surface area contributed by atoms with E-state index in [1.807, 2.05) is 48.5 Å². The monoisotopic (exact) mass is 618 g/mol. The summed E-state index contributed by atoms with van der Waals surface area (Å²) in [7, 11) is 0. The van der Waals surface area contributed by atoms with Crippen LogP contribution in [0.15, 0.2) is 121 Å². The predicted molar refractivity (Wildman–Crippen MR) is 191 cm³/mol. The van der Waals surface area contributed by atoms with E-state index < -0.39 is 0 Å². The van der Waals surface area contributed by atoms with E-state index in [0.29, 0.717) is 35.0 Å². The molecule has 1 aromatic heterocycles. The molecule has 6 aromatic rings. The van der Waals surface area contributed by atoms with Crippen molar-refractivity contribution in [3.63, 3.8) is 0 Å². The van der Waals surface area contributed by atoms with E-state index in [1.165, 1.54) is 54.4 Å². The zero-order valence-electron chi connectivity index (χ0n) is 26.7. The average molecular weight is 619 g/mol. The van der Waals surface area contributed by atoms with Gasteiger partial charge >= 0.3 is 0 Å². The maximum atomic E-state index is 7.87. The van der Waals surface area contributed by atoms with Crippen LogP contribution in [-0.4, -0.2) is 15.0 Å². The first-order valence-corrected chi connectivity index (χ1v) is 17.3. The molecule has 0 unspecified atom stereocenters. The first-order valence-electron chi connectivity index (χ1n) is 17.3. The molecule has 4 nitrogen and oxygen atoms in total. The number of hydrogen-bond acceptors (Lipinski definition) is 3. The van der Waals surface area contributed by atoms with Crippen molar-refractivity contribution in [2.45, 2.75) is 37.5 Å². The van der Waals surface area contributed by atoms with Crippen LogP contribution in [0.3, 0.4) is 0 Å². The van der Waals surface area contributed by atoms with E-state index in [9.17, 15) is 0 Å². The van der Waals surface area contributed by atoms with Crippen LogP contribution in [0.1, 0.15) is 43.2 Å². The summed E-state index contributed by atoms with van der Waals surface area (Å²) in [6.45, 7) is 7.87. The second-order valence-corrected chi connectivity index (χ2v) is 14.4. The fourth-order valence-electron chi connectivity index (χ4n) is 10.3. The standard InChI is InChI=1S/C44H34N4/c1-45-40-15-9-8-14-35(40)31-16-18-36-37-25-32(17-19-38(37)44(39(36)26-31)33-21-27-20-28(23-33)24-34(44)22-27)43-47-41(29-10-4-2-5-11-29)46-42(48-43)30-12-6-3-7-13-30/h2-19,25-28,33-34H,20-24H2. The third-order valence-electron chi connectivity index (χ3n) is 11.9. The summed E-state index contributed by atoms with van der Waals surface area (Å²) in [5, 5.41) is 0. The van der Waals surface area contributed by atoms with Crippen LogP contribution in [0.25, 0.3) is 61.3 Å². The highest BCUT2D eigenvalue weighted by Crippen LogP contribution is 2.69. The minimum Gasteiger partial charge on any atom is -0.238 e. The molecule has 0 atom stereocenters. The quantitative estimate of drug-likeness (QED) is 0.185. The van der Waals surface area contributed by atoms with E-state index in [2.05, 4.69) is 77.6 Å². The number of rotatable bonds is 4. The molecular formula is C44H34N4. The van der Waals surface area contributed by atoms with E-state index in [0.717, 1.165) is 39.7 Å². The van der Waals surface area contributed by atoms with Gasteiger partial charge in [-0.2, -0.15) is 0 Å². The van der Waals surface area contributed by atoms with Gasteiger partial charge in [0.1, 0.15) is 0 Å². The number of aromatic nitrogens is 3. The smallest absolute Gasteiger partial charge is 0.194 e. The van der Waals surface area contributed by atoms with Crippen LogP contribution in [-0.2, 0) is 5.41 Å². The molecule has 4 bridgehead atoms. The van der Waals surface area contributed by atoms with E-state index in [4.69, 9.17) is 21.5 Å². The summed E-state index contributed by atoms with van der Waals surface area (Å²) in [5.41, 5.74) is 11.5. The van der Waals surface area contributed by atoms with Gasteiger partial charge in [-0.15, -0.1) is 0 Å². The predicted octanol–water partition coefficient (Wildman–Crippen LogP) is 10.8. The Morgan fingerprint density at radius 2 is 1.04 bits per heavy atom. The Balaban J connectivity index is 1.18. The zero-order valence-corrected chi connectivity index (χ0v) is 26.7. The fourth-order valence-corrected chi connectivity index (χ4v) is 10.3. The van der Waals surface area contributed by atoms with Gasteiger partial charge in [-0.05, 0) is 95.2 Å². The first kappa shape index (κ1) is 27.7. The average Bonchev–Trinajstić information content (AvgIpc) is 3.43. The maximum Gasteiger partial charge on any atom is 0.194 e. The third-order valence-corrected chi connectivity index (χ3v) is 11.9. The van der Waals surface area contributed by atoms with Gasteiger partial charge in [0.25, 0.3) is 0 Å². The molecule has 5 aromatic carbocycles. The van der Waals surface area contributed by atoms with Gasteiger partial charge < -0.3 is 0 Å². The Morgan fingerprint density at radius 3 is 1.67 bits per heavy atom. The summed E-state index contributed by atoms with van der Waals surface area (Å²) in [6.07, 6.45) is 6.72. The van der Waals surface area contributed by atoms with Crippen molar-refractivity contribution < 1.29 is 0 Å². The Hall–Kier alpha value is -5.40. The fraction of sp³-hybridized carbons (Fsp3) is 0.227. The van der Waals surface area contributed by atoms with Crippen molar-refractivity contribution in [2.75, 3.05) is 0 Å². The lowest BCUT2D eigenvalue weighted by Crippen LogP contribution is -2.55. The van der Waals surface area contributed by atoms with Crippen LogP contribution in [0.2, 0.25) is 0 Å². The molecule has 1 spiro atoms. The number of para-hydroxylation sites is 1. The summed E-state index contributed by atoms with van der Waals surface area (Å²) < 4.78 is 0. The molecule has 4 heteroatoms. The maximum absolute atomic E-state index is 7.87. The van der Waals surface area contributed by atoms with Crippen molar-refractivity contribution in [1.82, 2.24) is 15.0 Å². The van der Waals surface area contributed by atoms with Crippen molar-refractivity contribution in [3.05, 3.63) is 144 Å². The van der Waals surface area contributed by atoms with Crippen LogP contribution >= 0.6 is 0 Å². The Bertz CT molecular complexity index is 2180. The molecule has 4 saturated carbocycles. The van der Waals surface area contributed by atoms with Crippen LogP contribution in [0.5, 0.6) is 0 Å². The molecule has 5 aliphatic rings. The van der Waals surface area contributed by atoms with Crippen molar-refractivity contribution in [2.24, 2.45) is 23.7 Å². The topological polar surface area (TPSA) is 43.0 Å². The Kier molecular flexibility index (Phi) is 6.09. The number of benzene rings is 5. The van der Waals surface area contributed by atoms with Crippen molar-refractivity contribution in [3.8, 4) is 56.4 Å². The van der Waals surface area contributed by atoms with E-state index >= 15 is 0 Å². The molecule has 5 aliphatic carbocycles. The molecule has 230 valence electrons. The second-order valence-electron chi connectivity index (χ2n) is 14.4. The molecule has 0 amide bonds. The highest BCUT2D eigenvalue weighted by atomic mass is 15.0. The highest BCUT2D eigenvalue weighted by molar-refractivity contribution is 5.89. The Morgan fingerprint density at radius 1 is 0.479 bits per heavy atom. The highest BCUT2D eigenvalue weighted by Gasteiger charge is 2.61.